The zero-order valence-electron chi connectivity index (χ0n) is 8.48. The molecule has 1 aromatic carbocycles. The van der Waals surface area contributed by atoms with Gasteiger partial charge in [-0.2, -0.15) is 0 Å². The first-order valence-electron chi connectivity index (χ1n) is 4.68. The van der Waals surface area contributed by atoms with E-state index in [1.54, 1.807) is 0 Å². The summed E-state index contributed by atoms with van der Waals surface area (Å²) in [4.78, 5) is 8.58. The van der Waals surface area contributed by atoms with Gasteiger partial charge in [0, 0.05) is 0 Å². The van der Waals surface area contributed by atoms with E-state index in [2.05, 4.69) is 12.7 Å². The van der Waals surface area contributed by atoms with E-state index in [9.17, 15) is 0 Å². The summed E-state index contributed by atoms with van der Waals surface area (Å²) in [7, 11) is 0. The van der Waals surface area contributed by atoms with Crippen LogP contribution in [0.2, 0.25) is 0 Å². The number of benzene rings is 1. The fraction of sp³-hybridized carbons (Fsp3) is 0.364. The monoisotopic (exact) mass is 195 g/mol. The first-order valence-corrected chi connectivity index (χ1v) is 4.68. The van der Waals surface area contributed by atoms with Gasteiger partial charge in [-0.1, -0.05) is 31.5 Å². The number of rotatable bonds is 4. The van der Waals surface area contributed by atoms with Crippen LogP contribution in [0.1, 0.15) is 19.8 Å². The van der Waals surface area contributed by atoms with Gasteiger partial charge in [-0.3, -0.25) is 4.79 Å². The molecule has 0 saturated carbocycles. The standard InChI is InChI=1S/C10H14O.CH3NO/c1-2-3-9-11-10-7-5-4-6-8-10;2-1-3/h4-8H,2-3,9H2,1H3;1H,(H2,2,3). The van der Waals surface area contributed by atoms with Gasteiger partial charge < -0.3 is 10.5 Å². The summed E-state index contributed by atoms with van der Waals surface area (Å²) in [6.07, 6.45) is 2.57. The zero-order chi connectivity index (χ0) is 10.6. The van der Waals surface area contributed by atoms with Crippen molar-refractivity contribution in [2.45, 2.75) is 19.8 Å². The van der Waals surface area contributed by atoms with Crippen LogP contribution in [-0.4, -0.2) is 13.0 Å². The van der Waals surface area contributed by atoms with E-state index in [0.29, 0.717) is 0 Å². The maximum atomic E-state index is 8.58. The Bertz CT molecular complexity index is 224. The van der Waals surface area contributed by atoms with E-state index in [1.807, 2.05) is 30.3 Å². The summed E-state index contributed by atoms with van der Waals surface area (Å²) < 4.78 is 5.45. The van der Waals surface area contributed by atoms with Crippen LogP contribution in [0.3, 0.4) is 0 Å². The molecular formula is C11H17NO2. The average molecular weight is 195 g/mol. The Morgan fingerprint density at radius 2 is 1.93 bits per heavy atom. The van der Waals surface area contributed by atoms with Crippen molar-refractivity contribution in [1.82, 2.24) is 0 Å². The minimum Gasteiger partial charge on any atom is -0.494 e. The number of hydrogen-bond acceptors (Lipinski definition) is 2. The van der Waals surface area contributed by atoms with Crippen molar-refractivity contribution in [3.63, 3.8) is 0 Å². The predicted octanol–water partition coefficient (Wildman–Crippen LogP) is 1.97. The lowest BCUT2D eigenvalue weighted by Gasteiger charge is -2.03. The van der Waals surface area contributed by atoms with Crippen molar-refractivity contribution in [3.8, 4) is 5.75 Å². The van der Waals surface area contributed by atoms with Crippen LogP contribution in [0.25, 0.3) is 0 Å². The zero-order valence-corrected chi connectivity index (χ0v) is 8.48. The Labute approximate surface area is 84.9 Å². The normalized spacial score (nSPS) is 8.36. The smallest absolute Gasteiger partial charge is 0.204 e. The third-order valence-corrected chi connectivity index (χ3v) is 1.51. The second-order valence-corrected chi connectivity index (χ2v) is 2.65. The second kappa shape index (κ2) is 9.58. The lowest BCUT2D eigenvalue weighted by molar-refractivity contribution is -0.106. The van der Waals surface area contributed by atoms with Crippen molar-refractivity contribution in [2.24, 2.45) is 5.73 Å². The third-order valence-electron chi connectivity index (χ3n) is 1.51. The number of unbranched alkanes of at least 4 members (excludes halogenated alkanes) is 1. The highest BCUT2D eigenvalue weighted by Crippen LogP contribution is 2.08. The molecule has 1 rings (SSSR count). The van der Waals surface area contributed by atoms with Crippen LogP contribution >= 0.6 is 0 Å². The Morgan fingerprint density at radius 1 is 1.36 bits per heavy atom. The molecule has 0 fully saturated rings. The maximum absolute atomic E-state index is 8.58. The Balaban J connectivity index is 0.000000500. The van der Waals surface area contributed by atoms with E-state index >= 15 is 0 Å². The van der Waals surface area contributed by atoms with Gasteiger partial charge in [0.15, 0.2) is 0 Å². The molecule has 3 nitrogen and oxygen atoms in total. The SMILES string of the molecule is CCCCOc1ccccc1.NC=O. The van der Waals surface area contributed by atoms with E-state index in [4.69, 9.17) is 9.53 Å². The van der Waals surface area contributed by atoms with Gasteiger partial charge in [0.1, 0.15) is 5.75 Å². The molecule has 0 radical (unpaired) electrons. The number of para-hydroxylation sites is 1. The molecule has 0 atom stereocenters. The van der Waals surface area contributed by atoms with E-state index in [-0.39, 0.29) is 6.41 Å². The van der Waals surface area contributed by atoms with Crippen LogP contribution in [-0.2, 0) is 4.79 Å². The average Bonchev–Trinajstić information content (AvgIpc) is 2.21. The van der Waals surface area contributed by atoms with Crippen molar-refractivity contribution in [3.05, 3.63) is 30.3 Å². The first-order chi connectivity index (χ1) is 6.85. The molecule has 3 heteroatoms. The molecule has 2 N–H and O–H groups in total. The van der Waals surface area contributed by atoms with Crippen LogP contribution in [0.4, 0.5) is 0 Å². The van der Waals surface area contributed by atoms with Crippen molar-refractivity contribution in [2.75, 3.05) is 6.61 Å². The summed E-state index contributed by atoms with van der Waals surface area (Å²) in [6.45, 7) is 2.99. The minimum atomic E-state index is 0.250. The molecule has 0 spiro atoms. The van der Waals surface area contributed by atoms with Crippen LogP contribution in [0.5, 0.6) is 5.75 Å². The van der Waals surface area contributed by atoms with Gasteiger partial charge in [-0.25, -0.2) is 0 Å². The molecule has 0 saturated heterocycles. The van der Waals surface area contributed by atoms with Gasteiger partial charge in [-0.15, -0.1) is 0 Å². The number of primary amides is 1. The number of amides is 1. The molecule has 1 amide bonds. The fourth-order valence-corrected chi connectivity index (χ4v) is 0.851. The van der Waals surface area contributed by atoms with Gasteiger partial charge in [0.25, 0.3) is 0 Å². The minimum absolute atomic E-state index is 0.250. The van der Waals surface area contributed by atoms with E-state index in [1.165, 1.54) is 6.42 Å². The summed E-state index contributed by atoms with van der Waals surface area (Å²) in [5.41, 5.74) is 4.17. The third kappa shape index (κ3) is 7.16. The van der Waals surface area contributed by atoms with Crippen LogP contribution in [0, 0.1) is 0 Å². The van der Waals surface area contributed by atoms with Gasteiger partial charge >= 0.3 is 0 Å². The molecule has 0 aliphatic carbocycles. The topological polar surface area (TPSA) is 52.3 Å². The molecule has 0 aliphatic rings. The summed E-state index contributed by atoms with van der Waals surface area (Å²) in [5, 5.41) is 0. The maximum Gasteiger partial charge on any atom is 0.204 e. The van der Waals surface area contributed by atoms with E-state index < -0.39 is 0 Å². The number of carbonyl (C=O) groups excluding carboxylic acids is 1. The molecule has 0 unspecified atom stereocenters. The largest absolute Gasteiger partial charge is 0.494 e. The lowest BCUT2D eigenvalue weighted by Crippen LogP contribution is -1.95. The summed E-state index contributed by atoms with van der Waals surface area (Å²) in [5.74, 6) is 0.973. The van der Waals surface area contributed by atoms with Crippen molar-refractivity contribution in [1.29, 1.82) is 0 Å². The van der Waals surface area contributed by atoms with Crippen molar-refractivity contribution >= 4 is 6.41 Å². The van der Waals surface area contributed by atoms with Gasteiger partial charge in [-0.05, 0) is 18.6 Å². The number of hydrogen-bond donors (Lipinski definition) is 1. The highest BCUT2D eigenvalue weighted by atomic mass is 16.5. The molecule has 78 valence electrons. The van der Waals surface area contributed by atoms with Crippen LogP contribution < -0.4 is 10.5 Å². The number of nitrogens with two attached hydrogens (primary N) is 1. The molecule has 1 aromatic rings. The fourth-order valence-electron chi connectivity index (χ4n) is 0.851. The molecule has 0 heterocycles. The quantitative estimate of drug-likeness (QED) is 0.590. The first kappa shape index (κ1) is 12.5. The molecule has 0 bridgehead atoms. The Kier molecular flexibility index (Phi) is 8.54. The summed E-state index contributed by atoms with van der Waals surface area (Å²) >= 11 is 0. The van der Waals surface area contributed by atoms with Crippen molar-refractivity contribution < 1.29 is 9.53 Å². The summed E-state index contributed by atoms with van der Waals surface area (Å²) in [6, 6.07) is 9.93. The molecule has 14 heavy (non-hydrogen) atoms. The lowest BCUT2D eigenvalue weighted by atomic mass is 10.3. The predicted molar refractivity (Wildman–Crippen MR) is 57.1 cm³/mol. The highest BCUT2D eigenvalue weighted by molar-refractivity contribution is 5.42. The highest BCUT2D eigenvalue weighted by Gasteiger charge is 1.88. The number of carbonyl (C=O) groups is 1. The molecule has 0 aliphatic heterocycles. The molecule has 0 aromatic heterocycles. The molecular weight excluding hydrogens is 178 g/mol. The Hall–Kier alpha value is -1.51. The van der Waals surface area contributed by atoms with Gasteiger partial charge in [0.05, 0.1) is 6.61 Å². The van der Waals surface area contributed by atoms with E-state index in [0.717, 1.165) is 18.8 Å². The Morgan fingerprint density at radius 3 is 2.43 bits per heavy atom. The second-order valence-electron chi connectivity index (χ2n) is 2.65. The number of ether oxygens (including phenoxy) is 1. The van der Waals surface area contributed by atoms with Crippen LogP contribution in [0.15, 0.2) is 30.3 Å². The van der Waals surface area contributed by atoms with Gasteiger partial charge in [0.2, 0.25) is 6.41 Å².